The van der Waals surface area contributed by atoms with Crippen LogP contribution in [0.5, 0.6) is 0 Å². The van der Waals surface area contributed by atoms with Crippen molar-refractivity contribution < 1.29 is 37.3 Å². The molecule has 2 atom stereocenters. The zero-order valence-electron chi connectivity index (χ0n) is 30.1. The minimum atomic E-state index is -0.246. The summed E-state index contributed by atoms with van der Waals surface area (Å²) >= 11 is 0. The van der Waals surface area contributed by atoms with Gasteiger partial charge in [-0.1, -0.05) is 70.4 Å². The first-order valence-corrected chi connectivity index (χ1v) is 19.1. The second kappa shape index (κ2) is 32.9. The molecule has 0 spiro atoms. The molecule has 0 saturated heterocycles. The molecule has 270 valence electrons. The number of quaternary nitrogens is 4. The zero-order valence-corrected chi connectivity index (χ0v) is 30.1. The topological polar surface area (TPSA) is 189 Å². The molecule has 0 aromatic carbocycles. The summed E-state index contributed by atoms with van der Waals surface area (Å²) in [5, 5.41) is 5.98. The molecule has 0 aliphatic heterocycles. The second-order valence-electron chi connectivity index (χ2n) is 13.1. The van der Waals surface area contributed by atoms with Gasteiger partial charge in [-0.2, -0.15) is 0 Å². The number of rotatable bonds is 33. The molecule has 3 amide bonds. The van der Waals surface area contributed by atoms with E-state index < -0.39 is 0 Å². The summed E-state index contributed by atoms with van der Waals surface area (Å²) in [5.41, 5.74) is 15.7. The van der Waals surface area contributed by atoms with Crippen LogP contribution < -0.4 is 33.6 Å². The highest BCUT2D eigenvalue weighted by Gasteiger charge is 2.18. The molecule has 0 radical (unpaired) electrons. The third kappa shape index (κ3) is 27.1. The Labute approximate surface area is 282 Å². The van der Waals surface area contributed by atoms with Crippen LogP contribution in [-0.4, -0.2) is 74.0 Å². The Morgan fingerprint density at radius 1 is 0.587 bits per heavy atom. The van der Waals surface area contributed by atoms with Gasteiger partial charge in [0.15, 0.2) is 12.1 Å². The van der Waals surface area contributed by atoms with Gasteiger partial charge in [0.25, 0.3) is 11.8 Å². The van der Waals surface area contributed by atoms with E-state index in [9.17, 15) is 14.4 Å². The lowest BCUT2D eigenvalue weighted by atomic mass is 10.1. The van der Waals surface area contributed by atoms with Crippen molar-refractivity contribution in [3.8, 4) is 0 Å². The Bertz CT molecular complexity index is 730. The summed E-state index contributed by atoms with van der Waals surface area (Å²) in [6, 6.07) is -0.492. The predicted molar refractivity (Wildman–Crippen MR) is 188 cm³/mol. The van der Waals surface area contributed by atoms with E-state index in [1.54, 1.807) is 0 Å². The highest BCUT2D eigenvalue weighted by molar-refractivity contribution is 5.80. The van der Waals surface area contributed by atoms with Gasteiger partial charge in [0, 0.05) is 45.4 Å². The van der Waals surface area contributed by atoms with E-state index in [0.717, 1.165) is 70.9 Å². The maximum Gasteiger partial charge on any atom is 0.278 e. The van der Waals surface area contributed by atoms with Crippen molar-refractivity contribution in [2.75, 3.05) is 39.3 Å². The number of hydrogen-bond acceptors (Lipinski definition) is 3. The molecule has 0 aromatic rings. The Balaban J connectivity index is 4.41. The van der Waals surface area contributed by atoms with Crippen molar-refractivity contribution in [2.24, 2.45) is 0 Å². The van der Waals surface area contributed by atoms with Gasteiger partial charge >= 0.3 is 0 Å². The molecule has 0 bridgehead atoms. The van der Waals surface area contributed by atoms with Crippen molar-refractivity contribution in [3.05, 3.63) is 12.2 Å². The van der Waals surface area contributed by atoms with Crippen LogP contribution in [0, 0.1) is 0 Å². The lowest BCUT2D eigenvalue weighted by Gasteiger charge is -2.23. The predicted octanol–water partition coefficient (Wildman–Crippen LogP) is 1.91. The summed E-state index contributed by atoms with van der Waals surface area (Å²) in [5.74, 6) is 0.133. The molecule has 0 aliphatic carbocycles. The largest absolute Gasteiger partial charge is 0.358 e. The van der Waals surface area contributed by atoms with Crippen LogP contribution in [0.15, 0.2) is 12.2 Å². The first kappa shape index (κ1) is 44.0. The first-order chi connectivity index (χ1) is 22.4. The Morgan fingerprint density at radius 3 is 1.48 bits per heavy atom. The van der Waals surface area contributed by atoms with E-state index in [-0.39, 0.29) is 29.8 Å². The molecule has 0 unspecified atom stereocenters. The molecule has 0 rings (SSSR count). The molecule has 14 N–H and O–H groups in total. The van der Waals surface area contributed by atoms with Gasteiger partial charge < -0.3 is 38.5 Å². The van der Waals surface area contributed by atoms with Crippen molar-refractivity contribution in [1.82, 2.24) is 15.5 Å². The van der Waals surface area contributed by atoms with E-state index in [2.05, 4.69) is 52.6 Å². The highest BCUT2D eigenvalue weighted by atomic mass is 16.2. The second-order valence-corrected chi connectivity index (χ2v) is 13.1. The van der Waals surface area contributed by atoms with Crippen molar-refractivity contribution in [1.29, 1.82) is 0 Å². The fraction of sp³-hybridized carbons (Fsp3) is 0.861. The summed E-state index contributed by atoms with van der Waals surface area (Å²) in [7, 11) is 0. The lowest BCUT2D eigenvalue weighted by molar-refractivity contribution is -0.406. The molecule has 46 heavy (non-hydrogen) atoms. The van der Waals surface area contributed by atoms with Crippen LogP contribution in [0.25, 0.3) is 0 Å². The minimum absolute atomic E-state index is 0.0177. The molecule has 0 heterocycles. The first-order valence-electron chi connectivity index (χ1n) is 19.1. The fourth-order valence-electron chi connectivity index (χ4n) is 5.52. The summed E-state index contributed by atoms with van der Waals surface area (Å²) in [6.07, 6.45) is 28.2. The molecule has 10 nitrogen and oxygen atoms in total. The molecule has 10 heteroatoms. The molecular weight excluding hydrogens is 578 g/mol. The van der Waals surface area contributed by atoms with Crippen LogP contribution in [0.2, 0.25) is 0 Å². The van der Waals surface area contributed by atoms with Gasteiger partial charge in [-0.3, -0.25) is 14.4 Å². The number of hydrogen-bond donors (Lipinski definition) is 6. The molecule has 0 aromatic heterocycles. The van der Waals surface area contributed by atoms with Crippen molar-refractivity contribution >= 4 is 17.7 Å². The zero-order chi connectivity index (χ0) is 34.1. The van der Waals surface area contributed by atoms with Crippen molar-refractivity contribution in [2.45, 2.75) is 160 Å². The number of nitrogens with one attached hydrogen (secondary N) is 2. The monoisotopic (exact) mass is 656 g/mol. The number of carbonyl (C=O) groups excluding carboxylic acids is 3. The maximum atomic E-state index is 13.2. The van der Waals surface area contributed by atoms with E-state index >= 15 is 0 Å². The lowest BCUT2D eigenvalue weighted by Crippen LogP contribution is -2.67. The number of allylic oxidation sites excluding steroid dienone is 2. The Morgan fingerprint density at radius 2 is 1.02 bits per heavy atom. The Kier molecular flexibility index (Phi) is 31.5. The van der Waals surface area contributed by atoms with E-state index in [4.69, 9.17) is 0 Å². The normalized spacial score (nSPS) is 12.7. The van der Waals surface area contributed by atoms with Crippen LogP contribution in [0.3, 0.4) is 0 Å². The molecule has 0 fully saturated rings. The van der Waals surface area contributed by atoms with Crippen LogP contribution in [0.4, 0.5) is 0 Å². The fourth-order valence-corrected chi connectivity index (χ4v) is 5.52. The third-order valence-electron chi connectivity index (χ3n) is 8.66. The molecule has 0 aliphatic rings. The van der Waals surface area contributed by atoms with Gasteiger partial charge in [-0.15, -0.1) is 0 Å². The van der Waals surface area contributed by atoms with E-state index in [1.807, 2.05) is 4.90 Å². The van der Waals surface area contributed by atoms with Gasteiger partial charge in [0.05, 0.1) is 13.1 Å². The summed E-state index contributed by atoms with van der Waals surface area (Å²) < 4.78 is 0. The standard InChI is InChI=1S/C36H73N7O3/c1-2-3-4-5-6-7-8-9-10-11-12-13-14-15-16-25-34(44)43(30-21-28-41-35(45)32(39)23-17-19-26-37)31-22-29-42-36(46)33(40)24-18-20-27-38/h9-10,32-33H,2-8,11-31,37-40H2,1H3,(H,41,45)(H,42,46)/p+4/b10-9+/t32-,33-/m0/s1. The van der Waals surface area contributed by atoms with E-state index in [1.165, 1.54) is 64.2 Å². The smallest absolute Gasteiger partial charge is 0.278 e. The van der Waals surface area contributed by atoms with Gasteiger partial charge in [-0.25, -0.2) is 0 Å². The van der Waals surface area contributed by atoms with Crippen LogP contribution in [-0.2, 0) is 14.4 Å². The highest BCUT2D eigenvalue weighted by Crippen LogP contribution is 2.11. The molecular formula is C36H77N7O3+4. The number of nitrogens with zero attached hydrogens (tertiary/aromatic N) is 1. The number of carbonyl (C=O) groups is 3. The molecule has 0 saturated carbocycles. The number of unbranched alkanes of at least 4 members (excludes halogenated alkanes) is 13. The van der Waals surface area contributed by atoms with Gasteiger partial charge in [-0.05, 0) is 70.6 Å². The Hall–Kier alpha value is -2.01. The van der Waals surface area contributed by atoms with Crippen LogP contribution >= 0.6 is 0 Å². The van der Waals surface area contributed by atoms with E-state index in [0.29, 0.717) is 45.4 Å². The third-order valence-corrected chi connectivity index (χ3v) is 8.66. The average Bonchev–Trinajstić information content (AvgIpc) is 3.05. The van der Waals surface area contributed by atoms with Crippen LogP contribution in [0.1, 0.15) is 148 Å². The number of amides is 3. The van der Waals surface area contributed by atoms with Gasteiger partial charge in [0.1, 0.15) is 0 Å². The summed E-state index contributed by atoms with van der Waals surface area (Å²) in [4.78, 5) is 39.8. The maximum absolute atomic E-state index is 13.2. The SMILES string of the molecule is CCCCCCCC/C=C/CCCCCCCC(=O)N(CCCNC(=O)[C@@H]([NH3+])CCCC[NH3+])CCCNC(=O)[C@@H]([NH3+])CCCC[NH3+]. The van der Waals surface area contributed by atoms with Gasteiger partial charge in [0.2, 0.25) is 5.91 Å². The minimum Gasteiger partial charge on any atom is -0.358 e. The summed E-state index contributed by atoms with van der Waals surface area (Å²) in [6.45, 7) is 6.29. The van der Waals surface area contributed by atoms with Crippen molar-refractivity contribution in [3.63, 3.8) is 0 Å². The quantitative estimate of drug-likeness (QED) is 0.0466. The average molecular weight is 656 g/mol.